The van der Waals surface area contributed by atoms with E-state index < -0.39 is 0 Å². The van der Waals surface area contributed by atoms with Gasteiger partial charge in [-0.25, -0.2) is 9.97 Å². The Morgan fingerprint density at radius 2 is 1.52 bits per heavy atom. The van der Waals surface area contributed by atoms with Gasteiger partial charge in [-0.05, 0) is 35.3 Å². The maximum absolute atomic E-state index is 6.09. The number of rotatable bonds is 2. The molecular weight excluding hydrogens is 326 g/mol. The molecule has 21 heavy (non-hydrogen) atoms. The van der Waals surface area contributed by atoms with E-state index in [-0.39, 0.29) is 10.8 Å². The van der Waals surface area contributed by atoms with E-state index in [2.05, 4.69) is 67.7 Å². The van der Waals surface area contributed by atoms with E-state index in [4.69, 9.17) is 10.7 Å². The highest BCUT2D eigenvalue weighted by Crippen LogP contribution is 2.35. The van der Waals surface area contributed by atoms with Gasteiger partial charge < -0.3 is 5.73 Å². The molecule has 1 heterocycles. The maximum Gasteiger partial charge on any atom is 0.141 e. The van der Waals surface area contributed by atoms with Crippen molar-refractivity contribution in [2.45, 2.75) is 45.4 Å². The predicted octanol–water partition coefficient (Wildman–Crippen LogP) is 4.44. The Labute approximate surface area is 135 Å². The Morgan fingerprint density at radius 1 is 0.952 bits per heavy atom. The number of nitrogen functional groups attached to an aromatic ring is 1. The molecule has 4 heteroatoms. The Hall–Kier alpha value is -1.42. The molecule has 0 radical (unpaired) electrons. The van der Waals surface area contributed by atoms with Crippen LogP contribution in [0.1, 0.15) is 51.7 Å². The van der Waals surface area contributed by atoms with Crippen LogP contribution in [0.25, 0.3) is 0 Å². The van der Waals surface area contributed by atoms with Gasteiger partial charge in [0.1, 0.15) is 11.6 Å². The van der Waals surface area contributed by atoms with Crippen molar-refractivity contribution in [3.63, 3.8) is 0 Å². The Morgan fingerprint density at radius 3 is 2.05 bits per heavy atom. The number of benzene rings is 1. The fourth-order valence-corrected chi connectivity index (χ4v) is 3.00. The van der Waals surface area contributed by atoms with E-state index in [1.54, 1.807) is 0 Å². The van der Waals surface area contributed by atoms with Crippen molar-refractivity contribution in [1.29, 1.82) is 0 Å². The number of halogens is 1. The van der Waals surface area contributed by atoms with Crippen LogP contribution < -0.4 is 5.73 Å². The number of hydrogen-bond donors (Lipinski definition) is 1. The van der Waals surface area contributed by atoms with Gasteiger partial charge in [-0.1, -0.05) is 51.1 Å². The van der Waals surface area contributed by atoms with Crippen LogP contribution in [0.4, 0.5) is 5.82 Å². The van der Waals surface area contributed by atoms with Crippen LogP contribution in [0.15, 0.2) is 34.8 Å². The molecule has 0 saturated carbocycles. The van der Waals surface area contributed by atoms with Crippen molar-refractivity contribution in [2.24, 2.45) is 0 Å². The van der Waals surface area contributed by atoms with Gasteiger partial charge in [0.15, 0.2) is 0 Å². The summed E-state index contributed by atoms with van der Waals surface area (Å²) in [6.07, 6.45) is 0. The lowest BCUT2D eigenvalue weighted by atomic mass is 9.83. The summed E-state index contributed by atoms with van der Waals surface area (Å²) < 4.78 is 0.794. The molecule has 112 valence electrons. The Bertz CT molecular complexity index is 643. The second kappa shape index (κ2) is 5.41. The predicted molar refractivity (Wildman–Crippen MR) is 91.4 cm³/mol. The van der Waals surface area contributed by atoms with Gasteiger partial charge in [-0.15, -0.1) is 0 Å². The molecule has 0 aliphatic carbocycles. The molecular formula is C17H22BrN3. The SMILES string of the molecule is CC(C)(C)c1nc(C(C)(C)c2ccccc2)nc(N)c1Br. The lowest BCUT2D eigenvalue weighted by Crippen LogP contribution is -2.26. The summed E-state index contributed by atoms with van der Waals surface area (Å²) >= 11 is 3.52. The van der Waals surface area contributed by atoms with Crippen molar-refractivity contribution >= 4 is 21.7 Å². The first kappa shape index (κ1) is 16.0. The van der Waals surface area contributed by atoms with Crippen molar-refractivity contribution in [3.8, 4) is 0 Å². The van der Waals surface area contributed by atoms with E-state index in [9.17, 15) is 0 Å². The standard InChI is InChI=1S/C17H22BrN3/c1-16(2,3)13-12(18)14(19)21-15(20-13)17(4,5)11-9-7-6-8-10-11/h6-10H,1-5H3,(H2,19,20,21). The van der Waals surface area contributed by atoms with E-state index in [0.717, 1.165) is 16.0 Å². The van der Waals surface area contributed by atoms with Crippen LogP contribution in [-0.2, 0) is 10.8 Å². The number of nitrogens with two attached hydrogens (primary N) is 1. The van der Waals surface area contributed by atoms with E-state index in [0.29, 0.717) is 5.82 Å². The van der Waals surface area contributed by atoms with Crippen molar-refractivity contribution < 1.29 is 0 Å². The third-order valence-electron chi connectivity index (χ3n) is 3.64. The third-order valence-corrected chi connectivity index (χ3v) is 4.42. The first-order valence-electron chi connectivity index (χ1n) is 7.03. The van der Waals surface area contributed by atoms with Crippen LogP contribution in [0.3, 0.4) is 0 Å². The molecule has 1 aromatic carbocycles. The second-order valence-electron chi connectivity index (χ2n) is 6.84. The zero-order valence-electron chi connectivity index (χ0n) is 13.2. The topological polar surface area (TPSA) is 51.8 Å². The lowest BCUT2D eigenvalue weighted by Gasteiger charge is -2.27. The molecule has 2 aromatic rings. The molecule has 3 nitrogen and oxygen atoms in total. The quantitative estimate of drug-likeness (QED) is 0.873. The minimum Gasteiger partial charge on any atom is -0.383 e. The molecule has 0 saturated heterocycles. The van der Waals surface area contributed by atoms with E-state index >= 15 is 0 Å². The Kier molecular flexibility index (Phi) is 4.11. The van der Waals surface area contributed by atoms with Gasteiger partial charge in [0.25, 0.3) is 0 Å². The zero-order valence-corrected chi connectivity index (χ0v) is 14.8. The minimum absolute atomic E-state index is 0.0998. The highest BCUT2D eigenvalue weighted by Gasteiger charge is 2.30. The maximum atomic E-state index is 6.09. The highest BCUT2D eigenvalue weighted by molar-refractivity contribution is 9.10. The van der Waals surface area contributed by atoms with Crippen LogP contribution in [-0.4, -0.2) is 9.97 Å². The number of hydrogen-bond acceptors (Lipinski definition) is 3. The lowest BCUT2D eigenvalue weighted by molar-refractivity contribution is 0.532. The third kappa shape index (κ3) is 3.10. The molecule has 2 N–H and O–H groups in total. The first-order chi connectivity index (χ1) is 9.64. The summed E-state index contributed by atoms with van der Waals surface area (Å²) in [5.74, 6) is 1.24. The average molecular weight is 348 g/mol. The summed E-state index contributed by atoms with van der Waals surface area (Å²) in [6, 6.07) is 10.3. The number of anilines is 1. The molecule has 2 rings (SSSR count). The highest BCUT2D eigenvalue weighted by atomic mass is 79.9. The smallest absolute Gasteiger partial charge is 0.141 e. The fraction of sp³-hybridized carbons (Fsp3) is 0.412. The number of nitrogens with zero attached hydrogens (tertiary/aromatic N) is 2. The molecule has 0 aliphatic heterocycles. The van der Waals surface area contributed by atoms with Crippen LogP contribution >= 0.6 is 15.9 Å². The van der Waals surface area contributed by atoms with Crippen molar-refractivity contribution in [3.05, 3.63) is 51.9 Å². The van der Waals surface area contributed by atoms with Crippen molar-refractivity contribution in [1.82, 2.24) is 9.97 Å². The Balaban J connectivity index is 2.62. The molecule has 0 spiro atoms. The zero-order chi connectivity index (χ0) is 15.8. The first-order valence-corrected chi connectivity index (χ1v) is 7.83. The molecule has 0 unspecified atom stereocenters. The fourth-order valence-electron chi connectivity index (χ4n) is 2.22. The van der Waals surface area contributed by atoms with Gasteiger partial charge in [0.2, 0.25) is 0 Å². The molecule has 0 fully saturated rings. The summed E-state index contributed by atoms with van der Waals surface area (Å²) in [7, 11) is 0. The monoisotopic (exact) mass is 347 g/mol. The second-order valence-corrected chi connectivity index (χ2v) is 7.63. The van der Waals surface area contributed by atoms with Gasteiger partial charge in [0.05, 0.1) is 10.2 Å². The molecule has 0 atom stereocenters. The summed E-state index contributed by atoms with van der Waals surface area (Å²) in [6.45, 7) is 10.6. The van der Waals surface area contributed by atoms with Crippen LogP contribution in [0.5, 0.6) is 0 Å². The molecule has 1 aromatic heterocycles. The van der Waals surface area contributed by atoms with E-state index in [1.165, 1.54) is 5.56 Å². The van der Waals surface area contributed by atoms with Gasteiger partial charge >= 0.3 is 0 Å². The van der Waals surface area contributed by atoms with Crippen molar-refractivity contribution in [2.75, 3.05) is 5.73 Å². The largest absolute Gasteiger partial charge is 0.383 e. The number of aromatic nitrogens is 2. The van der Waals surface area contributed by atoms with Crippen LogP contribution in [0.2, 0.25) is 0 Å². The summed E-state index contributed by atoms with van der Waals surface area (Å²) in [4.78, 5) is 9.33. The van der Waals surface area contributed by atoms with E-state index in [1.807, 2.05) is 18.2 Å². The molecule has 0 amide bonds. The average Bonchev–Trinajstić information content (AvgIpc) is 2.41. The molecule has 0 aliphatic rings. The summed E-state index contributed by atoms with van der Waals surface area (Å²) in [5, 5.41) is 0. The normalized spacial score (nSPS) is 12.5. The summed E-state index contributed by atoms with van der Waals surface area (Å²) in [5.41, 5.74) is 7.81. The van der Waals surface area contributed by atoms with Gasteiger partial charge in [0, 0.05) is 10.8 Å². The minimum atomic E-state index is -0.296. The molecule has 0 bridgehead atoms. The van der Waals surface area contributed by atoms with Gasteiger partial charge in [-0.3, -0.25) is 0 Å². The van der Waals surface area contributed by atoms with Gasteiger partial charge in [-0.2, -0.15) is 0 Å². The van der Waals surface area contributed by atoms with Crippen LogP contribution in [0, 0.1) is 0 Å².